The van der Waals surface area contributed by atoms with E-state index in [1.165, 1.54) is 11.0 Å². The molecule has 0 spiro atoms. The summed E-state index contributed by atoms with van der Waals surface area (Å²) >= 11 is 0. The van der Waals surface area contributed by atoms with Crippen LogP contribution in [0, 0.1) is 0 Å². The Labute approximate surface area is 110 Å². The molecule has 19 heavy (non-hydrogen) atoms. The maximum atomic E-state index is 10.6. The van der Waals surface area contributed by atoms with Crippen molar-refractivity contribution in [1.82, 2.24) is 14.8 Å². The smallest absolute Gasteiger partial charge is 0.325 e. The molecular weight excluding hydrogens is 246 g/mol. The van der Waals surface area contributed by atoms with Gasteiger partial charge in [-0.3, -0.25) is 4.79 Å². The van der Waals surface area contributed by atoms with Crippen molar-refractivity contribution in [3.8, 4) is 11.4 Å². The summed E-state index contributed by atoms with van der Waals surface area (Å²) in [7, 11) is 1.65. The molecule has 100 valence electrons. The maximum Gasteiger partial charge on any atom is 0.325 e. The maximum absolute atomic E-state index is 10.6. The van der Waals surface area contributed by atoms with Gasteiger partial charge in [0.15, 0.2) is 5.82 Å². The predicted octanol–water partition coefficient (Wildman–Crippen LogP) is 1.74. The minimum Gasteiger partial charge on any atom is -0.480 e. The first-order valence-corrected chi connectivity index (χ1v) is 5.84. The molecule has 1 N–H and O–H groups in total. The molecule has 0 fully saturated rings. The van der Waals surface area contributed by atoms with Gasteiger partial charge in [-0.25, -0.2) is 9.67 Å². The second-order valence-electron chi connectivity index (χ2n) is 4.16. The van der Waals surface area contributed by atoms with Gasteiger partial charge in [-0.1, -0.05) is 18.2 Å². The Morgan fingerprint density at radius 3 is 3.00 bits per heavy atom. The third-order valence-corrected chi connectivity index (χ3v) is 2.80. The summed E-state index contributed by atoms with van der Waals surface area (Å²) in [4.78, 5) is 14.7. The summed E-state index contributed by atoms with van der Waals surface area (Å²) in [6.07, 6.45) is 1.40. The van der Waals surface area contributed by atoms with Crippen LogP contribution in [0.1, 0.15) is 18.6 Å². The lowest BCUT2D eigenvalue weighted by atomic mass is 10.1. The van der Waals surface area contributed by atoms with Crippen LogP contribution in [-0.2, 0) is 16.1 Å². The van der Waals surface area contributed by atoms with E-state index in [0.29, 0.717) is 5.82 Å². The lowest BCUT2D eigenvalue weighted by Crippen LogP contribution is -2.08. The number of methoxy groups -OCH3 is 1. The number of hydrogen-bond acceptors (Lipinski definition) is 4. The lowest BCUT2D eigenvalue weighted by molar-refractivity contribution is -0.137. The number of carbonyl (C=O) groups is 1. The lowest BCUT2D eigenvalue weighted by Gasteiger charge is -2.10. The fraction of sp³-hybridized carbons (Fsp3) is 0.308. The quantitative estimate of drug-likeness (QED) is 0.887. The van der Waals surface area contributed by atoms with Gasteiger partial charge in [0.2, 0.25) is 0 Å². The minimum atomic E-state index is -0.946. The van der Waals surface area contributed by atoms with E-state index in [1.54, 1.807) is 7.11 Å². The van der Waals surface area contributed by atoms with Gasteiger partial charge in [0.25, 0.3) is 0 Å². The van der Waals surface area contributed by atoms with Gasteiger partial charge in [-0.15, -0.1) is 0 Å². The number of hydrogen-bond donors (Lipinski definition) is 1. The molecule has 0 unspecified atom stereocenters. The first-order chi connectivity index (χ1) is 9.10. The average Bonchev–Trinajstić information content (AvgIpc) is 2.85. The summed E-state index contributed by atoms with van der Waals surface area (Å²) in [6.45, 7) is 1.76. The average molecular weight is 261 g/mol. The molecule has 2 rings (SSSR count). The molecule has 6 heteroatoms. The second kappa shape index (κ2) is 5.62. The highest BCUT2D eigenvalue weighted by atomic mass is 16.5. The number of nitrogens with zero attached hydrogens (tertiary/aromatic N) is 3. The zero-order chi connectivity index (χ0) is 13.8. The van der Waals surface area contributed by atoms with Gasteiger partial charge in [0.1, 0.15) is 12.9 Å². The highest BCUT2D eigenvalue weighted by Gasteiger charge is 2.09. The van der Waals surface area contributed by atoms with E-state index in [-0.39, 0.29) is 12.6 Å². The van der Waals surface area contributed by atoms with E-state index < -0.39 is 5.97 Å². The summed E-state index contributed by atoms with van der Waals surface area (Å²) in [5.41, 5.74) is 1.86. The van der Waals surface area contributed by atoms with Crippen LogP contribution in [0.25, 0.3) is 11.4 Å². The molecule has 6 nitrogen and oxygen atoms in total. The topological polar surface area (TPSA) is 77.2 Å². The van der Waals surface area contributed by atoms with Crippen molar-refractivity contribution in [2.45, 2.75) is 19.6 Å². The monoisotopic (exact) mass is 261 g/mol. The molecule has 0 aliphatic carbocycles. The van der Waals surface area contributed by atoms with E-state index in [4.69, 9.17) is 9.84 Å². The fourth-order valence-corrected chi connectivity index (χ4v) is 1.71. The molecule has 1 aromatic carbocycles. The molecule has 0 bridgehead atoms. The van der Waals surface area contributed by atoms with Crippen LogP contribution < -0.4 is 0 Å². The van der Waals surface area contributed by atoms with Gasteiger partial charge in [0.05, 0.1) is 6.10 Å². The van der Waals surface area contributed by atoms with Crippen molar-refractivity contribution in [2.75, 3.05) is 7.11 Å². The van der Waals surface area contributed by atoms with Gasteiger partial charge < -0.3 is 9.84 Å². The molecule has 2 aromatic rings. The van der Waals surface area contributed by atoms with Crippen LogP contribution in [0.4, 0.5) is 0 Å². The first kappa shape index (κ1) is 13.2. The molecule has 0 saturated carbocycles. The van der Waals surface area contributed by atoms with E-state index >= 15 is 0 Å². The Hall–Kier alpha value is -2.21. The number of aromatic nitrogens is 3. The van der Waals surface area contributed by atoms with Crippen LogP contribution in [0.15, 0.2) is 30.6 Å². The molecular formula is C13H15N3O3. The minimum absolute atomic E-state index is 0.0129. The summed E-state index contributed by atoms with van der Waals surface area (Å²) < 4.78 is 6.56. The van der Waals surface area contributed by atoms with Crippen molar-refractivity contribution in [2.24, 2.45) is 0 Å². The summed E-state index contributed by atoms with van der Waals surface area (Å²) in [5.74, 6) is -0.440. The van der Waals surface area contributed by atoms with Crippen molar-refractivity contribution in [3.63, 3.8) is 0 Å². The Kier molecular flexibility index (Phi) is 3.91. The fourth-order valence-electron chi connectivity index (χ4n) is 1.71. The predicted molar refractivity (Wildman–Crippen MR) is 68.5 cm³/mol. The number of aliphatic carboxylic acids is 1. The van der Waals surface area contributed by atoms with Gasteiger partial charge in [-0.2, -0.15) is 5.10 Å². The molecule has 0 aliphatic rings. The number of carboxylic acids is 1. The summed E-state index contributed by atoms with van der Waals surface area (Å²) in [6, 6.07) is 7.69. The highest BCUT2D eigenvalue weighted by molar-refractivity contribution is 5.66. The Morgan fingerprint density at radius 1 is 1.53 bits per heavy atom. The van der Waals surface area contributed by atoms with Gasteiger partial charge >= 0.3 is 5.97 Å². The van der Waals surface area contributed by atoms with Crippen LogP contribution in [0.5, 0.6) is 0 Å². The molecule has 0 saturated heterocycles. The number of ether oxygens (including phenoxy) is 1. The van der Waals surface area contributed by atoms with Crippen molar-refractivity contribution >= 4 is 5.97 Å². The zero-order valence-corrected chi connectivity index (χ0v) is 10.8. The largest absolute Gasteiger partial charge is 0.480 e. The van der Waals surface area contributed by atoms with Crippen LogP contribution in [0.3, 0.4) is 0 Å². The van der Waals surface area contributed by atoms with E-state index in [2.05, 4.69) is 10.1 Å². The molecule has 1 atom stereocenters. The normalized spacial score (nSPS) is 12.3. The van der Waals surface area contributed by atoms with E-state index in [9.17, 15) is 4.79 Å². The van der Waals surface area contributed by atoms with Gasteiger partial charge in [-0.05, 0) is 18.6 Å². The molecule has 1 heterocycles. The molecule has 0 aliphatic heterocycles. The highest BCUT2D eigenvalue weighted by Crippen LogP contribution is 2.21. The van der Waals surface area contributed by atoms with Crippen molar-refractivity contribution in [3.05, 3.63) is 36.2 Å². The third-order valence-electron chi connectivity index (χ3n) is 2.80. The number of rotatable bonds is 5. The third kappa shape index (κ3) is 3.17. The SMILES string of the molecule is CO[C@@H](C)c1cccc(-c2ncn(CC(=O)O)n2)c1. The second-order valence-corrected chi connectivity index (χ2v) is 4.16. The van der Waals surface area contributed by atoms with Crippen LogP contribution >= 0.6 is 0 Å². The van der Waals surface area contributed by atoms with Crippen molar-refractivity contribution < 1.29 is 14.6 Å². The van der Waals surface area contributed by atoms with E-state index in [1.807, 2.05) is 31.2 Å². The Bertz CT molecular complexity index is 580. The zero-order valence-electron chi connectivity index (χ0n) is 10.8. The Morgan fingerprint density at radius 2 is 2.32 bits per heavy atom. The standard InChI is InChI=1S/C13H15N3O3/c1-9(19-2)10-4-3-5-11(6-10)13-14-8-16(15-13)7-12(17)18/h3-6,8-9H,7H2,1-2H3,(H,17,18)/t9-/m0/s1. The molecule has 0 radical (unpaired) electrons. The summed E-state index contributed by atoms with van der Waals surface area (Å²) in [5, 5.41) is 12.8. The van der Waals surface area contributed by atoms with Crippen molar-refractivity contribution in [1.29, 1.82) is 0 Å². The van der Waals surface area contributed by atoms with E-state index in [0.717, 1.165) is 11.1 Å². The van der Waals surface area contributed by atoms with Crippen LogP contribution in [0.2, 0.25) is 0 Å². The first-order valence-electron chi connectivity index (χ1n) is 5.84. The molecule has 1 aromatic heterocycles. The Balaban J connectivity index is 2.26. The number of carboxylic acid groups (broad SMARTS) is 1. The van der Waals surface area contributed by atoms with Gasteiger partial charge in [0, 0.05) is 12.7 Å². The number of benzene rings is 1. The molecule has 0 amide bonds. The van der Waals surface area contributed by atoms with Crippen LogP contribution in [-0.4, -0.2) is 33.0 Å².